The molecule has 1 N–H and O–H groups in total. The Labute approximate surface area is 68.4 Å². The number of hydrogen-bond donors (Lipinski definition) is 1. The first kappa shape index (κ1) is 8.57. The van der Waals surface area contributed by atoms with Gasteiger partial charge in [-0.25, -0.2) is 0 Å². The minimum Gasteiger partial charge on any atom is -0.356 e. The van der Waals surface area contributed by atoms with Crippen LogP contribution in [0.5, 0.6) is 0 Å². The highest BCUT2D eigenvalue weighted by atomic mass is 16.1. The van der Waals surface area contributed by atoms with Gasteiger partial charge in [0.15, 0.2) is 0 Å². The van der Waals surface area contributed by atoms with Crippen LogP contribution in [0.25, 0.3) is 0 Å². The predicted octanol–water partition coefficient (Wildman–Crippen LogP) is 1.70. The summed E-state index contributed by atoms with van der Waals surface area (Å²) in [5.41, 5.74) is 0. The van der Waals surface area contributed by atoms with E-state index in [1.165, 1.54) is 25.7 Å². The zero-order chi connectivity index (χ0) is 8.10. The van der Waals surface area contributed by atoms with Crippen molar-refractivity contribution in [2.75, 3.05) is 6.54 Å². The Morgan fingerprint density at radius 1 is 1.45 bits per heavy atom. The third-order valence-electron chi connectivity index (χ3n) is 2.32. The van der Waals surface area contributed by atoms with Crippen molar-refractivity contribution in [3.63, 3.8) is 0 Å². The largest absolute Gasteiger partial charge is 0.356 e. The highest BCUT2D eigenvalue weighted by molar-refractivity contribution is 5.76. The fourth-order valence-electron chi connectivity index (χ4n) is 1.75. The molecule has 0 atom stereocenters. The summed E-state index contributed by atoms with van der Waals surface area (Å²) in [7, 11) is 0. The summed E-state index contributed by atoms with van der Waals surface area (Å²) >= 11 is 0. The van der Waals surface area contributed by atoms with E-state index >= 15 is 0 Å². The number of carbonyl (C=O) groups is 1. The first-order chi connectivity index (χ1) is 5.33. The molecular formula is C9H17NO. The maximum absolute atomic E-state index is 11.1. The fraction of sp³-hybridized carbons (Fsp3) is 0.889. The Balaban J connectivity index is 2.13. The van der Waals surface area contributed by atoms with Gasteiger partial charge in [0.2, 0.25) is 5.91 Å². The number of hydrogen-bond acceptors (Lipinski definition) is 1. The number of rotatable bonds is 3. The van der Waals surface area contributed by atoms with E-state index in [-0.39, 0.29) is 5.91 Å². The summed E-state index contributed by atoms with van der Waals surface area (Å²) < 4.78 is 0. The van der Waals surface area contributed by atoms with Gasteiger partial charge in [-0.05, 0) is 25.7 Å². The second-order valence-electron chi connectivity index (χ2n) is 3.31. The van der Waals surface area contributed by atoms with Crippen molar-refractivity contribution in [3.05, 3.63) is 0 Å². The lowest BCUT2D eigenvalue weighted by Gasteiger charge is -2.07. The van der Waals surface area contributed by atoms with E-state index in [2.05, 4.69) is 5.32 Å². The van der Waals surface area contributed by atoms with Crippen LogP contribution >= 0.6 is 0 Å². The maximum atomic E-state index is 11.1. The summed E-state index contributed by atoms with van der Waals surface area (Å²) in [6, 6.07) is 0. The lowest BCUT2D eigenvalue weighted by atomic mass is 10.0. The standard InChI is InChI=1S/C9H17NO/c1-2-10-9(11)7-8-5-3-4-6-8/h8H,2-7H2,1H3,(H,10,11). The van der Waals surface area contributed by atoms with Crippen molar-refractivity contribution in [1.82, 2.24) is 5.32 Å². The average molecular weight is 155 g/mol. The zero-order valence-corrected chi connectivity index (χ0v) is 7.23. The lowest BCUT2D eigenvalue weighted by Crippen LogP contribution is -2.24. The molecule has 0 aromatic rings. The molecule has 2 heteroatoms. The first-order valence-corrected chi connectivity index (χ1v) is 4.59. The molecule has 0 heterocycles. The van der Waals surface area contributed by atoms with Crippen LogP contribution in [0.1, 0.15) is 39.0 Å². The molecule has 1 saturated carbocycles. The Morgan fingerprint density at radius 2 is 2.09 bits per heavy atom. The molecule has 0 aromatic heterocycles. The lowest BCUT2D eigenvalue weighted by molar-refractivity contribution is -0.121. The van der Waals surface area contributed by atoms with Gasteiger partial charge < -0.3 is 5.32 Å². The Hall–Kier alpha value is -0.530. The average Bonchev–Trinajstić information content (AvgIpc) is 2.40. The van der Waals surface area contributed by atoms with Gasteiger partial charge in [0.05, 0.1) is 0 Å². The van der Waals surface area contributed by atoms with Crippen LogP contribution in [-0.2, 0) is 4.79 Å². The van der Waals surface area contributed by atoms with Crippen LogP contribution in [0.3, 0.4) is 0 Å². The van der Waals surface area contributed by atoms with E-state index in [4.69, 9.17) is 0 Å². The van der Waals surface area contributed by atoms with E-state index < -0.39 is 0 Å². The highest BCUT2D eigenvalue weighted by Gasteiger charge is 2.17. The fourth-order valence-corrected chi connectivity index (χ4v) is 1.75. The normalized spacial score (nSPS) is 18.6. The van der Waals surface area contributed by atoms with Crippen molar-refractivity contribution in [3.8, 4) is 0 Å². The maximum Gasteiger partial charge on any atom is 0.220 e. The molecule has 0 spiro atoms. The molecule has 1 aliphatic carbocycles. The Bertz CT molecular complexity index is 128. The Morgan fingerprint density at radius 3 is 2.64 bits per heavy atom. The SMILES string of the molecule is CCNC(=O)CC1CCCC1. The third kappa shape index (κ3) is 2.91. The van der Waals surface area contributed by atoms with E-state index in [9.17, 15) is 4.79 Å². The summed E-state index contributed by atoms with van der Waals surface area (Å²) in [5, 5.41) is 2.83. The number of carbonyl (C=O) groups excluding carboxylic acids is 1. The zero-order valence-electron chi connectivity index (χ0n) is 7.23. The number of amides is 1. The smallest absolute Gasteiger partial charge is 0.220 e. The van der Waals surface area contributed by atoms with Crippen molar-refractivity contribution in [2.45, 2.75) is 39.0 Å². The van der Waals surface area contributed by atoms with Crippen LogP contribution in [0.4, 0.5) is 0 Å². The first-order valence-electron chi connectivity index (χ1n) is 4.59. The van der Waals surface area contributed by atoms with Gasteiger partial charge in [0.1, 0.15) is 0 Å². The monoisotopic (exact) mass is 155 g/mol. The van der Waals surface area contributed by atoms with Crippen molar-refractivity contribution < 1.29 is 4.79 Å². The van der Waals surface area contributed by atoms with Crippen LogP contribution in [0, 0.1) is 5.92 Å². The molecule has 1 amide bonds. The summed E-state index contributed by atoms with van der Waals surface area (Å²) in [5.74, 6) is 0.918. The van der Waals surface area contributed by atoms with Crippen molar-refractivity contribution in [1.29, 1.82) is 0 Å². The van der Waals surface area contributed by atoms with Gasteiger partial charge in [0, 0.05) is 13.0 Å². The van der Waals surface area contributed by atoms with Crippen LogP contribution in [-0.4, -0.2) is 12.5 Å². The topological polar surface area (TPSA) is 29.1 Å². The second kappa shape index (κ2) is 4.37. The molecule has 0 saturated heterocycles. The molecule has 1 rings (SSSR count). The third-order valence-corrected chi connectivity index (χ3v) is 2.32. The minimum atomic E-state index is 0.236. The molecule has 2 nitrogen and oxygen atoms in total. The molecule has 0 radical (unpaired) electrons. The molecule has 1 aliphatic rings. The molecule has 0 bridgehead atoms. The summed E-state index contributed by atoms with van der Waals surface area (Å²) in [4.78, 5) is 11.1. The van der Waals surface area contributed by atoms with Gasteiger partial charge in [-0.15, -0.1) is 0 Å². The van der Waals surface area contributed by atoms with E-state index in [0.29, 0.717) is 5.92 Å². The summed E-state index contributed by atoms with van der Waals surface area (Å²) in [6.45, 7) is 2.73. The van der Waals surface area contributed by atoms with Crippen molar-refractivity contribution in [2.24, 2.45) is 5.92 Å². The van der Waals surface area contributed by atoms with E-state index in [1.807, 2.05) is 6.92 Å². The Kier molecular flexibility index (Phi) is 3.40. The second-order valence-corrected chi connectivity index (χ2v) is 3.31. The van der Waals surface area contributed by atoms with Gasteiger partial charge >= 0.3 is 0 Å². The number of nitrogens with one attached hydrogen (secondary N) is 1. The van der Waals surface area contributed by atoms with E-state index in [1.54, 1.807) is 0 Å². The van der Waals surface area contributed by atoms with Crippen molar-refractivity contribution >= 4 is 5.91 Å². The quantitative estimate of drug-likeness (QED) is 0.660. The van der Waals surface area contributed by atoms with E-state index in [0.717, 1.165) is 13.0 Å². The highest BCUT2D eigenvalue weighted by Crippen LogP contribution is 2.27. The van der Waals surface area contributed by atoms with Gasteiger partial charge in [-0.1, -0.05) is 12.8 Å². The molecule has 0 unspecified atom stereocenters. The molecule has 1 fully saturated rings. The van der Waals surface area contributed by atoms with Gasteiger partial charge in [0.25, 0.3) is 0 Å². The van der Waals surface area contributed by atoms with Crippen LogP contribution in [0.2, 0.25) is 0 Å². The van der Waals surface area contributed by atoms with Crippen LogP contribution in [0.15, 0.2) is 0 Å². The predicted molar refractivity (Wildman–Crippen MR) is 45.3 cm³/mol. The minimum absolute atomic E-state index is 0.236. The van der Waals surface area contributed by atoms with Crippen LogP contribution < -0.4 is 5.32 Å². The molecule has 64 valence electrons. The summed E-state index contributed by atoms with van der Waals surface area (Å²) in [6.07, 6.45) is 5.93. The molecule has 0 aliphatic heterocycles. The molecule has 0 aromatic carbocycles. The van der Waals surface area contributed by atoms with Gasteiger partial charge in [-0.2, -0.15) is 0 Å². The molecule has 11 heavy (non-hydrogen) atoms. The van der Waals surface area contributed by atoms with Gasteiger partial charge in [-0.3, -0.25) is 4.79 Å². The molecular weight excluding hydrogens is 138 g/mol.